The average molecular weight is 823 g/mol. The van der Waals surface area contributed by atoms with Crippen LogP contribution in [0.15, 0.2) is 34.9 Å². The van der Waals surface area contributed by atoms with Crippen molar-refractivity contribution >= 4 is 36.1 Å². The molecular formula is C47H82O9S. The smallest absolute Gasteiger partial charge is 0.333 e. The molecule has 0 aliphatic heterocycles. The number of esters is 1. The predicted octanol–water partition coefficient (Wildman–Crippen LogP) is 9.10. The molecule has 9 nitrogen and oxygen atoms in total. The Balaban J connectivity index is 0.00000167. The minimum Gasteiger partial charge on any atom is -0.456 e. The first kappa shape index (κ1) is 54.9. The first-order chi connectivity index (χ1) is 27.1. The van der Waals surface area contributed by atoms with Crippen LogP contribution in [0.25, 0.3) is 0 Å². The van der Waals surface area contributed by atoms with Gasteiger partial charge in [-0.15, -0.1) is 0 Å². The molecule has 10 unspecified atom stereocenters. The summed E-state index contributed by atoms with van der Waals surface area (Å²) in [6, 6.07) is 0. The third kappa shape index (κ3) is 14.3. The second-order valence-corrected chi connectivity index (χ2v) is 17.0. The normalized spacial score (nSPS) is 34.5. The fourth-order valence-electron chi connectivity index (χ4n) is 9.96. The standard InChI is InChI=1S/C33H54O7S.2C5H8O.2C2H6/c1-7-19(2)31(37)40-30-29(36)33(18-39-6)21(16-32(30,3)4)14-20(15-28(33)35)22-8-9-24-23(25(22)12-13-41)10-11-27(34)26(24)17-38-5;2*1-3-5(2)4-6;2*1-2/h7,13,20-30,34-36H,8-12,14-18H2,1-6H3;2*3-4H,1-2H3;2*1-2H3/b19-7+;2*5-3+;;/t20?,21?,22?,23?,24?,25?,26?,27?,28-,29+,30?,33?;;;;/m1..../s1. The number of rotatable bonds is 11. The molecule has 4 aliphatic carbocycles. The van der Waals surface area contributed by atoms with Gasteiger partial charge in [-0.3, -0.25) is 9.59 Å². The average Bonchev–Trinajstić information content (AvgIpc) is 3.22. The summed E-state index contributed by atoms with van der Waals surface area (Å²) in [4.78, 5) is 32.1. The van der Waals surface area contributed by atoms with E-state index in [9.17, 15) is 29.7 Å². The minimum absolute atomic E-state index is 0.0271. The van der Waals surface area contributed by atoms with Crippen molar-refractivity contribution in [2.75, 3.05) is 27.4 Å². The molecule has 12 atom stereocenters. The van der Waals surface area contributed by atoms with E-state index >= 15 is 0 Å². The van der Waals surface area contributed by atoms with Gasteiger partial charge in [0.05, 0.1) is 30.8 Å². The highest BCUT2D eigenvalue weighted by molar-refractivity contribution is 7.78. The molecule has 0 heterocycles. The number of carbonyl (C=O) groups excluding carboxylic acids is 3. The molecule has 4 saturated carbocycles. The van der Waals surface area contributed by atoms with Crippen LogP contribution >= 0.6 is 12.2 Å². The lowest BCUT2D eigenvalue weighted by molar-refractivity contribution is -0.255. The molecule has 57 heavy (non-hydrogen) atoms. The van der Waals surface area contributed by atoms with Crippen molar-refractivity contribution in [3.05, 3.63) is 34.9 Å². The molecule has 0 radical (unpaired) electrons. The maximum Gasteiger partial charge on any atom is 0.333 e. The number of carbonyl (C=O) groups is 3. The van der Waals surface area contributed by atoms with Gasteiger partial charge in [0, 0.05) is 31.1 Å². The summed E-state index contributed by atoms with van der Waals surface area (Å²) in [5.74, 6) is 1.84. The Labute approximate surface area is 352 Å². The summed E-state index contributed by atoms with van der Waals surface area (Å²) in [6.45, 7) is 23.7. The van der Waals surface area contributed by atoms with E-state index in [1.807, 2.05) is 46.9 Å². The Hall–Kier alpha value is -2.08. The number of fused-ring (bicyclic) bond motifs is 2. The summed E-state index contributed by atoms with van der Waals surface area (Å²) >= 11 is 5.43. The van der Waals surface area contributed by atoms with Crippen LogP contribution in [-0.2, 0) is 28.6 Å². The molecule has 330 valence electrons. The highest BCUT2D eigenvalue weighted by Gasteiger charge is 2.64. The largest absolute Gasteiger partial charge is 0.456 e. The van der Waals surface area contributed by atoms with Crippen molar-refractivity contribution in [3.8, 4) is 0 Å². The number of aldehydes is 2. The third-order valence-corrected chi connectivity index (χ3v) is 13.4. The van der Waals surface area contributed by atoms with E-state index in [4.69, 9.17) is 26.4 Å². The number of hydrogen-bond acceptors (Lipinski definition) is 10. The van der Waals surface area contributed by atoms with Gasteiger partial charge < -0.3 is 29.5 Å². The lowest BCUT2D eigenvalue weighted by Crippen LogP contribution is -2.68. The second-order valence-electron chi connectivity index (χ2n) is 16.6. The van der Waals surface area contributed by atoms with Crippen LogP contribution in [0, 0.1) is 52.3 Å². The van der Waals surface area contributed by atoms with Crippen LogP contribution in [0.3, 0.4) is 0 Å². The van der Waals surface area contributed by atoms with E-state index in [0.717, 1.165) is 68.7 Å². The van der Waals surface area contributed by atoms with E-state index in [0.29, 0.717) is 48.2 Å². The van der Waals surface area contributed by atoms with Crippen molar-refractivity contribution in [2.24, 2.45) is 52.3 Å². The highest BCUT2D eigenvalue weighted by Crippen LogP contribution is 2.61. The molecule has 0 spiro atoms. The summed E-state index contributed by atoms with van der Waals surface area (Å²) in [5, 5.41) is 36.6. The van der Waals surface area contributed by atoms with Crippen molar-refractivity contribution in [2.45, 2.75) is 159 Å². The lowest BCUT2D eigenvalue weighted by Gasteiger charge is -2.61. The van der Waals surface area contributed by atoms with Gasteiger partial charge in [-0.25, -0.2) is 4.79 Å². The van der Waals surface area contributed by atoms with Crippen LogP contribution in [0.1, 0.15) is 134 Å². The van der Waals surface area contributed by atoms with Crippen LogP contribution in [0.4, 0.5) is 0 Å². The maximum absolute atomic E-state index is 12.8. The van der Waals surface area contributed by atoms with Crippen molar-refractivity contribution in [1.82, 2.24) is 0 Å². The summed E-state index contributed by atoms with van der Waals surface area (Å²) < 4.78 is 17.2. The Kier molecular flexibility index (Phi) is 26.6. The Morgan fingerprint density at radius 3 is 1.75 bits per heavy atom. The monoisotopic (exact) mass is 823 g/mol. The number of methoxy groups -OCH3 is 2. The van der Waals surface area contributed by atoms with Crippen LogP contribution in [0.2, 0.25) is 0 Å². The fourth-order valence-corrected chi connectivity index (χ4v) is 10.2. The van der Waals surface area contributed by atoms with Gasteiger partial charge in [-0.1, -0.05) is 72.0 Å². The predicted molar refractivity (Wildman–Crippen MR) is 236 cm³/mol. The molecule has 4 aliphatic rings. The van der Waals surface area contributed by atoms with Crippen LogP contribution in [0.5, 0.6) is 0 Å². The quantitative estimate of drug-likeness (QED) is 0.0801. The van der Waals surface area contributed by atoms with Crippen molar-refractivity contribution < 1.29 is 43.9 Å². The minimum atomic E-state index is -1.04. The Morgan fingerprint density at radius 2 is 1.30 bits per heavy atom. The Bertz CT molecular complexity index is 1270. The zero-order valence-corrected chi connectivity index (χ0v) is 38.9. The molecule has 4 rings (SSSR count). The zero-order valence-electron chi connectivity index (χ0n) is 38.1. The first-order valence-electron chi connectivity index (χ1n) is 21.5. The highest BCUT2D eigenvalue weighted by atomic mass is 32.1. The van der Waals surface area contributed by atoms with Gasteiger partial charge in [0.1, 0.15) is 24.8 Å². The van der Waals surface area contributed by atoms with E-state index in [-0.39, 0.29) is 24.5 Å². The molecule has 0 amide bonds. The maximum atomic E-state index is 12.8. The van der Waals surface area contributed by atoms with Gasteiger partial charge in [0.25, 0.3) is 0 Å². The van der Waals surface area contributed by atoms with E-state index in [1.165, 1.54) is 0 Å². The molecule has 0 aromatic heterocycles. The second kappa shape index (κ2) is 27.6. The zero-order chi connectivity index (χ0) is 44.1. The molecule has 0 aromatic carbocycles. The third-order valence-electron chi connectivity index (χ3n) is 13.2. The van der Waals surface area contributed by atoms with Crippen molar-refractivity contribution in [1.29, 1.82) is 0 Å². The molecule has 3 N–H and O–H groups in total. The summed E-state index contributed by atoms with van der Waals surface area (Å²) in [6.07, 6.45) is 11.1. The number of aliphatic hydroxyl groups is 3. The van der Waals surface area contributed by atoms with Crippen LogP contribution in [-0.4, -0.2) is 91.1 Å². The number of thiocarbonyl (C=S) groups is 1. The molecule has 0 bridgehead atoms. The Morgan fingerprint density at radius 1 is 0.772 bits per heavy atom. The van der Waals surface area contributed by atoms with Gasteiger partial charge in [0.2, 0.25) is 0 Å². The fraction of sp³-hybridized carbons (Fsp3) is 0.787. The first-order valence-corrected chi connectivity index (χ1v) is 22.0. The topological polar surface area (TPSA) is 140 Å². The van der Waals surface area contributed by atoms with E-state index < -0.39 is 35.1 Å². The number of allylic oxidation sites excluding steroid dienone is 5. The number of hydrogen-bond donors (Lipinski definition) is 3. The molecule has 10 heteroatoms. The molecule has 4 fully saturated rings. The van der Waals surface area contributed by atoms with Gasteiger partial charge in [0.15, 0.2) is 0 Å². The van der Waals surface area contributed by atoms with E-state index in [2.05, 4.69) is 13.8 Å². The van der Waals surface area contributed by atoms with Gasteiger partial charge >= 0.3 is 5.97 Å². The number of ether oxygens (including phenoxy) is 3. The SMILES string of the molecule is C/C=C(\C)C(=O)OC1[C@H](O)C2(COC)C(CC(C3CCC4C(COC)C(O)CCC4C3CC=S)C[C@H]2O)CC1(C)C.C/C=C(\C)C=O.C/C=C(\C)C=O.CC.CC. The molecule has 0 saturated heterocycles. The summed E-state index contributed by atoms with van der Waals surface area (Å²) in [5.41, 5.74) is 0.712. The van der Waals surface area contributed by atoms with Gasteiger partial charge in [-0.2, -0.15) is 0 Å². The van der Waals surface area contributed by atoms with Crippen molar-refractivity contribution in [3.63, 3.8) is 0 Å². The molecular weight excluding hydrogens is 741 g/mol. The lowest BCUT2D eigenvalue weighted by atomic mass is 9.46. The molecule has 0 aromatic rings. The van der Waals surface area contributed by atoms with Crippen LogP contribution < -0.4 is 0 Å². The van der Waals surface area contributed by atoms with Gasteiger partial charge in [-0.05, 0) is 145 Å². The summed E-state index contributed by atoms with van der Waals surface area (Å²) in [7, 11) is 3.34. The van der Waals surface area contributed by atoms with E-state index in [1.54, 1.807) is 60.1 Å². The number of aliphatic hydroxyl groups excluding tert-OH is 3.